The summed E-state index contributed by atoms with van der Waals surface area (Å²) in [4.78, 5) is 13.8. The first kappa shape index (κ1) is 20.8. The van der Waals surface area contributed by atoms with E-state index in [-0.39, 0.29) is 18.2 Å². The molecular weight excluding hydrogens is 375 g/mol. The number of ether oxygens (including phenoxy) is 1. The molecule has 7 nitrogen and oxygen atoms in total. The highest BCUT2D eigenvalue weighted by molar-refractivity contribution is 5.68. The molecule has 1 fully saturated rings. The van der Waals surface area contributed by atoms with E-state index < -0.39 is 17.0 Å². The largest absolute Gasteiger partial charge is 0.444 e. The highest BCUT2D eigenvalue weighted by Gasteiger charge is 2.36. The topological polar surface area (TPSA) is 91.4 Å². The fourth-order valence-electron chi connectivity index (χ4n) is 3.26. The highest BCUT2D eigenvalue weighted by atomic mass is 19.1. The van der Waals surface area contributed by atoms with Gasteiger partial charge in [-0.1, -0.05) is 6.07 Å². The van der Waals surface area contributed by atoms with E-state index in [9.17, 15) is 14.3 Å². The Morgan fingerprint density at radius 3 is 2.62 bits per heavy atom. The number of hydrogen-bond acceptors (Lipinski definition) is 5. The van der Waals surface area contributed by atoms with Crippen molar-refractivity contribution in [2.24, 2.45) is 0 Å². The summed E-state index contributed by atoms with van der Waals surface area (Å²) in [7, 11) is 0. The van der Waals surface area contributed by atoms with E-state index >= 15 is 0 Å². The average Bonchev–Trinajstić information content (AvgIpc) is 3.08. The quantitative estimate of drug-likeness (QED) is 0.853. The van der Waals surface area contributed by atoms with Crippen LogP contribution in [-0.2, 0) is 11.3 Å². The van der Waals surface area contributed by atoms with Gasteiger partial charge in [0.2, 0.25) is 0 Å². The van der Waals surface area contributed by atoms with Crippen LogP contribution in [0.2, 0.25) is 0 Å². The molecule has 3 rings (SSSR count). The summed E-state index contributed by atoms with van der Waals surface area (Å²) in [6.45, 7) is 6.54. The van der Waals surface area contributed by atoms with E-state index in [1.165, 1.54) is 12.1 Å². The average molecular weight is 400 g/mol. The minimum Gasteiger partial charge on any atom is -0.444 e. The first-order valence-corrected chi connectivity index (χ1v) is 9.52. The van der Waals surface area contributed by atoms with Gasteiger partial charge in [-0.2, -0.15) is 10.4 Å². The Morgan fingerprint density at radius 1 is 1.34 bits per heavy atom. The molecule has 1 aliphatic rings. The second kappa shape index (κ2) is 7.84. The summed E-state index contributed by atoms with van der Waals surface area (Å²) in [5, 5.41) is 24.2. The van der Waals surface area contributed by atoms with Crippen LogP contribution in [0.1, 0.15) is 39.2 Å². The summed E-state index contributed by atoms with van der Waals surface area (Å²) in [5.41, 5.74) is -0.437. The van der Waals surface area contributed by atoms with Crippen LogP contribution in [0.25, 0.3) is 11.3 Å². The van der Waals surface area contributed by atoms with Gasteiger partial charge in [0.15, 0.2) is 0 Å². The summed E-state index contributed by atoms with van der Waals surface area (Å²) >= 11 is 0. The molecule has 29 heavy (non-hydrogen) atoms. The van der Waals surface area contributed by atoms with Gasteiger partial charge in [-0.3, -0.25) is 4.68 Å². The normalized spacial score (nSPS) is 16.3. The maximum atomic E-state index is 13.8. The monoisotopic (exact) mass is 400 g/mol. The Bertz CT molecular complexity index is 934. The number of hydrogen-bond donors (Lipinski definition) is 1. The zero-order valence-electron chi connectivity index (χ0n) is 16.9. The molecule has 2 aromatic rings. The van der Waals surface area contributed by atoms with Crippen LogP contribution in [0.4, 0.5) is 9.18 Å². The third kappa shape index (κ3) is 5.12. The highest BCUT2D eigenvalue weighted by Crippen LogP contribution is 2.26. The SMILES string of the molecule is CC(C)(C)OC(=O)N1CCC(O)(Cn2ccc(-c3ccc(C#N)c(F)c3)n2)CC1. The van der Waals surface area contributed by atoms with Crippen molar-refractivity contribution in [3.05, 3.63) is 41.8 Å². The predicted molar refractivity (Wildman–Crippen MR) is 104 cm³/mol. The fraction of sp³-hybridized carbons (Fsp3) is 0.476. The molecule has 1 aromatic heterocycles. The first-order chi connectivity index (χ1) is 13.6. The van der Waals surface area contributed by atoms with Crippen LogP contribution in [0, 0.1) is 17.1 Å². The number of aliphatic hydroxyl groups is 1. The van der Waals surface area contributed by atoms with Gasteiger partial charge >= 0.3 is 6.09 Å². The van der Waals surface area contributed by atoms with Crippen LogP contribution in [-0.4, -0.2) is 50.2 Å². The number of aromatic nitrogens is 2. The zero-order valence-corrected chi connectivity index (χ0v) is 16.9. The maximum absolute atomic E-state index is 13.8. The van der Waals surface area contributed by atoms with E-state index in [2.05, 4.69) is 5.10 Å². The lowest BCUT2D eigenvalue weighted by Crippen LogP contribution is -2.49. The summed E-state index contributed by atoms with van der Waals surface area (Å²) in [5.74, 6) is -0.590. The number of benzene rings is 1. The Kier molecular flexibility index (Phi) is 5.62. The lowest BCUT2D eigenvalue weighted by molar-refractivity contribution is -0.0431. The van der Waals surface area contributed by atoms with Gasteiger partial charge in [0.25, 0.3) is 0 Å². The third-order valence-electron chi connectivity index (χ3n) is 4.83. The van der Waals surface area contributed by atoms with Gasteiger partial charge in [-0.05, 0) is 51.8 Å². The molecule has 1 N–H and O–H groups in total. The van der Waals surface area contributed by atoms with Crippen molar-refractivity contribution in [3.63, 3.8) is 0 Å². The lowest BCUT2D eigenvalue weighted by atomic mass is 9.91. The number of piperidine rings is 1. The first-order valence-electron chi connectivity index (χ1n) is 9.52. The van der Waals surface area contributed by atoms with Crippen LogP contribution in [0.3, 0.4) is 0 Å². The fourth-order valence-corrected chi connectivity index (χ4v) is 3.26. The van der Waals surface area contributed by atoms with E-state index in [1.54, 1.807) is 34.0 Å². The number of carbonyl (C=O) groups excluding carboxylic acids is 1. The molecule has 1 aromatic carbocycles. The van der Waals surface area contributed by atoms with Crippen LogP contribution in [0.15, 0.2) is 30.5 Å². The Labute approximate surface area is 169 Å². The number of nitriles is 1. The van der Waals surface area contributed by atoms with Crippen molar-refractivity contribution in [1.82, 2.24) is 14.7 Å². The number of halogens is 1. The Hall–Kier alpha value is -2.92. The van der Waals surface area contributed by atoms with Gasteiger partial charge in [0, 0.05) is 24.8 Å². The second-order valence-electron chi connectivity index (χ2n) is 8.40. The molecule has 1 saturated heterocycles. The number of carbonyl (C=O) groups is 1. The van der Waals surface area contributed by atoms with Crippen molar-refractivity contribution >= 4 is 6.09 Å². The van der Waals surface area contributed by atoms with E-state index in [0.29, 0.717) is 37.2 Å². The van der Waals surface area contributed by atoms with Crippen LogP contribution in [0.5, 0.6) is 0 Å². The van der Waals surface area contributed by atoms with Gasteiger partial charge in [0.05, 0.1) is 23.4 Å². The molecule has 1 aliphatic heterocycles. The van der Waals surface area contributed by atoms with E-state index in [1.807, 2.05) is 20.8 Å². The van der Waals surface area contributed by atoms with Crippen molar-refractivity contribution in [2.45, 2.75) is 51.4 Å². The van der Waals surface area contributed by atoms with Crippen LogP contribution >= 0.6 is 0 Å². The van der Waals surface area contributed by atoms with Gasteiger partial charge < -0.3 is 14.7 Å². The van der Waals surface area contributed by atoms with Gasteiger partial charge in [-0.15, -0.1) is 0 Å². The van der Waals surface area contributed by atoms with E-state index in [4.69, 9.17) is 10.00 Å². The molecule has 0 spiro atoms. The van der Waals surface area contributed by atoms with Gasteiger partial charge in [0.1, 0.15) is 17.5 Å². The molecule has 0 atom stereocenters. The molecule has 1 amide bonds. The standard InChI is InChI=1S/C21H25FN4O3/c1-20(2,3)29-19(27)25-10-7-21(28,8-11-25)14-26-9-6-18(24-26)15-4-5-16(13-23)17(22)12-15/h4-6,9,12,28H,7-8,10-11,14H2,1-3H3. The minimum absolute atomic E-state index is 0.0146. The van der Waals surface area contributed by atoms with Crippen LogP contribution < -0.4 is 0 Å². The summed E-state index contributed by atoms with van der Waals surface area (Å²) in [6, 6.07) is 7.87. The lowest BCUT2D eigenvalue weighted by Gasteiger charge is -2.38. The minimum atomic E-state index is -0.988. The van der Waals surface area contributed by atoms with Crippen molar-refractivity contribution in [2.75, 3.05) is 13.1 Å². The van der Waals surface area contributed by atoms with Crippen molar-refractivity contribution < 1.29 is 19.0 Å². The molecule has 0 aliphatic carbocycles. The number of nitrogens with zero attached hydrogens (tertiary/aromatic N) is 4. The summed E-state index contributed by atoms with van der Waals surface area (Å²) in [6.07, 6.45) is 2.17. The molecule has 8 heteroatoms. The smallest absolute Gasteiger partial charge is 0.410 e. The molecule has 0 unspecified atom stereocenters. The third-order valence-corrected chi connectivity index (χ3v) is 4.83. The molecule has 0 radical (unpaired) electrons. The number of rotatable bonds is 3. The number of amides is 1. The molecule has 154 valence electrons. The maximum Gasteiger partial charge on any atom is 0.410 e. The number of likely N-dealkylation sites (tertiary alicyclic amines) is 1. The zero-order chi connectivity index (χ0) is 21.2. The predicted octanol–water partition coefficient (Wildman–Crippen LogP) is 3.32. The Morgan fingerprint density at radius 2 is 2.03 bits per heavy atom. The Balaban J connectivity index is 1.62. The molecule has 0 saturated carbocycles. The van der Waals surface area contributed by atoms with Gasteiger partial charge in [-0.25, -0.2) is 9.18 Å². The molecular formula is C21H25FN4O3. The van der Waals surface area contributed by atoms with Crippen molar-refractivity contribution in [3.8, 4) is 17.3 Å². The van der Waals surface area contributed by atoms with Crippen molar-refractivity contribution in [1.29, 1.82) is 5.26 Å². The molecule has 0 bridgehead atoms. The summed E-state index contributed by atoms with van der Waals surface area (Å²) < 4.78 is 20.8. The second-order valence-corrected chi connectivity index (χ2v) is 8.40. The molecule has 2 heterocycles. The van der Waals surface area contributed by atoms with E-state index in [0.717, 1.165) is 0 Å².